The van der Waals surface area contributed by atoms with Crippen molar-refractivity contribution >= 4 is 22.3 Å². The molecular formula is C16H20AsI. The van der Waals surface area contributed by atoms with Crippen LogP contribution in [0.3, 0.4) is 0 Å². The predicted octanol–water partition coefficient (Wildman–Crippen LogP) is 0.130. The SMILES string of the molecule is Cc1ccccc1[As+](C)(C)c1ccccc1C.[I-]. The summed E-state index contributed by atoms with van der Waals surface area (Å²) in [6, 6.07) is 17.7. The van der Waals surface area contributed by atoms with Crippen LogP contribution in [0.1, 0.15) is 11.1 Å². The van der Waals surface area contributed by atoms with E-state index in [1.807, 2.05) is 0 Å². The molecule has 2 heteroatoms. The van der Waals surface area contributed by atoms with E-state index in [9.17, 15) is 0 Å². The van der Waals surface area contributed by atoms with Crippen molar-refractivity contribution in [3.05, 3.63) is 59.7 Å². The molecule has 2 aromatic carbocycles. The zero-order valence-corrected chi connectivity index (χ0v) is 15.5. The second-order valence-corrected chi connectivity index (χ2v) is 13.1. The van der Waals surface area contributed by atoms with E-state index in [0.29, 0.717) is 0 Å². The molecule has 18 heavy (non-hydrogen) atoms. The smallest absolute Gasteiger partial charge is 1.00 e. The van der Waals surface area contributed by atoms with Gasteiger partial charge >= 0.3 is 107 Å². The second kappa shape index (κ2) is 6.25. The maximum absolute atomic E-state index is 2.48. The summed E-state index contributed by atoms with van der Waals surface area (Å²) in [4.78, 5) is 0. The third-order valence-corrected chi connectivity index (χ3v) is 10.6. The van der Waals surface area contributed by atoms with Crippen molar-refractivity contribution in [3.8, 4) is 0 Å². The van der Waals surface area contributed by atoms with Crippen LogP contribution in [0.5, 0.6) is 0 Å². The molecule has 0 aliphatic rings. The van der Waals surface area contributed by atoms with E-state index in [0.717, 1.165) is 0 Å². The molecule has 0 N–H and O–H groups in total. The van der Waals surface area contributed by atoms with Gasteiger partial charge in [0.25, 0.3) is 0 Å². The maximum Gasteiger partial charge on any atom is -1.00 e. The second-order valence-electron chi connectivity index (χ2n) is 5.03. The fourth-order valence-electron chi connectivity index (χ4n) is 2.51. The van der Waals surface area contributed by atoms with Crippen LogP contribution >= 0.6 is 0 Å². The zero-order chi connectivity index (χ0) is 12.5. The van der Waals surface area contributed by atoms with Gasteiger partial charge in [-0.3, -0.25) is 0 Å². The molecule has 0 aliphatic carbocycles. The van der Waals surface area contributed by atoms with Gasteiger partial charge in [0.2, 0.25) is 0 Å². The van der Waals surface area contributed by atoms with Gasteiger partial charge in [-0.25, -0.2) is 0 Å². The molecule has 0 spiro atoms. The number of hydrogen-bond acceptors (Lipinski definition) is 0. The van der Waals surface area contributed by atoms with Gasteiger partial charge in [-0.1, -0.05) is 0 Å². The molecular weight excluding hydrogens is 394 g/mol. The normalized spacial score (nSPS) is 10.9. The average molecular weight is 414 g/mol. The minimum absolute atomic E-state index is 0. The van der Waals surface area contributed by atoms with E-state index in [2.05, 4.69) is 73.8 Å². The third kappa shape index (κ3) is 3.00. The van der Waals surface area contributed by atoms with Gasteiger partial charge in [0.15, 0.2) is 0 Å². The van der Waals surface area contributed by atoms with Crippen LogP contribution in [0, 0.1) is 13.8 Å². The van der Waals surface area contributed by atoms with Gasteiger partial charge in [0.05, 0.1) is 0 Å². The Hall–Kier alpha value is -0.272. The summed E-state index contributed by atoms with van der Waals surface area (Å²) in [6.07, 6.45) is 0. The number of rotatable bonds is 2. The first kappa shape index (κ1) is 15.8. The van der Waals surface area contributed by atoms with E-state index in [1.54, 1.807) is 8.70 Å². The van der Waals surface area contributed by atoms with E-state index in [4.69, 9.17) is 0 Å². The van der Waals surface area contributed by atoms with Crippen LogP contribution in [-0.2, 0) is 0 Å². The van der Waals surface area contributed by atoms with Crippen molar-refractivity contribution < 1.29 is 24.0 Å². The van der Waals surface area contributed by atoms with Gasteiger partial charge in [0, 0.05) is 0 Å². The molecule has 2 rings (SSSR count). The standard InChI is InChI=1S/C16H20As.HI/c1-13-9-5-7-11-15(13)17(3,4)16-12-8-6-10-14(16)2;/h5-12H,1-4H3;1H/q+1;/p-1. The first-order valence-electron chi connectivity index (χ1n) is 6.00. The summed E-state index contributed by atoms with van der Waals surface area (Å²) in [5, 5.41) is 0. The summed E-state index contributed by atoms with van der Waals surface area (Å²) in [7, 11) is 0. The molecule has 0 atom stereocenters. The number of benzene rings is 2. The first-order valence-corrected chi connectivity index (χ1v) is 11.6. The zero-order valence-electron chi connectivity index (χ0n) is 11.4. The van der Waals surface area contributed by atoms with E-state index >= 15 is 0 Å². The predicted molar refractivity (Wildman–Crippen MR) is 79.1 cm³/mol. The number of hydrogen-bond donors (Lipinski definition) is 0. The van der Waals surface area contributed by atoms with Crippen LogP contribution < -0.4 is 32.7 Å². The Morgan fingerprint density at radius 2 is 1.00 bits per heavy atom. The molecule has 0 amide bonds. The first-order chi connectivity index (χ1) is 8.03. The fraction of sp³-hybridized carbons (Fsp3) is 0.250. The monoisotopic (exact) mass is 414 g/mol. The van der Waals surface area contributed by atoms with Crippen LogP contribution in [0.4, 0.5) is 0 Å². The Morgan fingerprint density at radius 3 is 1.33 bits per heavy atom. The van der Waals surface area contributed by atoms with E-state index in [1.165, 1.54) is 11.1 Å². The molecule has 0 saturated heterocycles. The van der Waals surface area contributed by atoms with Gasteiger partial charge in [-0.05, 0) is 0 Å². The molecule has 0 fully saturated rings. The summed E-state index contributed by atoms with van der Waals surface area (Å²) in [6.45, 7) is 4.47. The van der Waals surface area contributed by atoms with Gasteiger partial charge in [0.1, 0.15) is 0 Å². The Kier molecular flexibility index (Phi) is 5.48. The molecule has 0 heterocycles. The van der Waals surface area contributed by atoms with Crippen molar-refractivity contribution in [1.29, 1.82) is 0 Å². The Morgan fingerprint density at radius 1 is 0.667 bits per heavy atom. The minimum Gasteiger partial charge on any atom is -1.00 e. The molecule has 96 valence electrons. The molecule has 2 aromatic rings. The van der Waals surface area contributed by atoms with Gasteiger partial charge < -0.3 is 24.0 Å². The number of aryl methyl sites for hydroxylation is 2. The van der Waals surface area contributed by atoms with Crippen molar-refractivity contribution in [2.75, 3.05) is 0 Å². The quantitative estimate of drug-likeness (QED) is 0.485. The Labute approximate surface area is 130 Å². The van der Waals surface area contributed by atoms with Gasteiger partial charge in [-0.15, -0.1) is 0 Å². The molecule has 0 bridgehead atoms. The van der Waals surface area contributed by atoms with Crippen LogP contribution in [0.2, 0.25) is 11.4 Å². The van der Waals surface area contributed by atoms with E-state index < -0.39 is 13.6 Å². The summed E-state index contributed by atoms with van der Waals surface area (Å²) in [5.41, 5.74) is 7.83. The van der Waals surface area contributed by atoms with Crippen LogP contribution in [0.25, 0.3) is 0 Å². The molecule has 0 nitrogen and oxygen atoms in total. The molecule has 0 aliphatic heterocycles. The topological polar surface area (TPSA) is 0 Å². The Bertz CT molecular complexity index is 485. The third-order valence-electron chi connectivity index (χ3n) is 3.44. The summed E-state index contributed by atoms with van der Waals surface area (Å²) < 4.78 is 3.17. The minimum atomic E-state index is -1.93. The van der Waals surface area contributed by atoms with Crippen molar-refractivity contribution in [2.45, 2.75) is 25.3 Å². The summed E-state index contributed by atoms with van der Waals surface area (Å²) in [5.74, 6) is 0. The van der Waals surface area contributed by atoms with Crippen molar-refractivity contribution in [2.24, 2.45) is 0 Å². The summed E-state index contributed by atoms with van der Waals surface area (Å²) >= 11 is -1.93. The average Bonchev–Trinajstić information content (AvgIpc) is 2.29. The molecule has 0 radical (unpaired) electrons. The van der Waals surface area contributed by atoms with Crippen LogP contribution in [0.15, 0.2) is 48.5 Å². The van der Waals surface area contributed by atoms with Crippen LogP contribution in [-0.4, -0.2) is 13.6 Å². The van der Waals surface area contributed by atoms with Crippen molar-refractivity contribution in [1.82, 2.24) is 0 Å². The Balaban J connectivity index is 0.00000162. The largest absolute Gasteiger partial charge is 1.00 e. The molecule has 0 aromatic heterocycles. The fourth-order valence-corrected chi connectivity index (χ4v) is 8.99. The van der Waals surface area contributed by atoms with E-state index in [-0.39, 0.29) is 24.0 Å². The number of halogens is 1. The van der Waals surface area contributed by atoms with Crippen molar-refractivity contribution in [3.63, 3.8) is 0 Å². The maximum atomic E-state index is 2.48. The molecule has 0 saturated carbocycles. The van der Waals surface area contributed by atoms with Gasteiger partial charge in [-0.2, -0.15) is 0 Å². The molecule has 0 unspecified atom stereocenters.